The highest BCUT2D eigenvalue weighted by molar-refractivity contribution is 6.14. The molecule has 2 atom stereocenters. The van der Waals surface area contributed by atoms with Gasteiger partial charge in [-0.2, -0.15) is 0 Å². The lowest BCUT2D eigenvalue weighted by atomic mass is 9.74. The summed E-state index contributed by atoms with van der Waals surface area (Å²) in [6, 6.07) is 16.4. The number of fused-ring (bicyclic) bond motifs is 3. The maximum Gasteiger partial charge on any atom is 0.0768 e. The first-order valence-corrected chi connectivity index (χ1v) is 11.0. The van der Waals surface area contributed by atoms with E-state index >= 15 is 0 Å². The minimum absolute atomic E-state index is 0.383. The Morgan fingerprint density at radius 3 is 2.07 bits per heavy atom. The van der Waals surface area contributed by atoms with Crippen molar-refractivity contribution in [3.63, 3.8) is 0 Å². The summed E-state index contributed by atoms with van der Waals surface area (Å²) in [6.45, 7) is 4.29. The third-order valence-corrected chi connectivity index (χ3v) is 7.86. The van der Waals surface area contributed by atoms with Crippen molar-refractivity contribution in [2.45, 2.75) is 51.6 Å². The van der Waals surface area contributed by atoms with E-state index < -0.39 is 6.10 Å². The van der Waals surface area contributed by atoms with E-state index in [0.29, 0.717) is 5.92 Å². The van der Waals surface area contributed by atoms with Crippen molar-refractivity contribution in [3.8, 4) is 11.1 Å². The molecule has 1 heteroatoms. The number of aliphatic hydroxyl groups excluding tert-OH is 1. The highest BCUT2D eigenvalue weighted by Crippen LogP contribution is 2.53. The molecule has 1 nitrogen and oxygen atoms in total. The summed E-state index contributed by atoms with van der Waals surface area (Å²) >= 11 is 0. The van der Waals surface area contributed by atoms with Crippen molar-refractivity contribution in [3.05, 3.63) is 81.4 Å². The van der Waals surface area contributed by atoms with Crippen LogP contribution >= 0.6 is 0 Å². The fourth-order valence-corrected chi connectivity index (χ4v) is 6.52. The van der Waals surface area contributed by atoms with Crippen molar-refractivity contribution >= 4 is 21.5 Å². The first kappa shape index (κ1) is 16.2. The molecule has 0 bridgehead atoms. The van der Waals surface area contributed by atoms with Crippen LogP contribution in [0.4, 0.5) is 0 Å². The van der Waals surface area contributed by atoms with Crippen LogP contribution in [0.5, 0.6) is 0 Å². The first-order valence-electron chi connectivity index (χ1n) is 11.0. The van der Waals surface area contributed by atoms with Crippen molar-refractivity contribution in [1.29, 1.82) is 0 Å². The Hall–Kier alpha value is -2.64. The van der Waals surface area contributed by atoms with Gasteiger partial charge in [0.15, 0.2) is 0 Å². The number of aliphatic hydroxyl groups is 1. The summed E-state index contributed by atoms with van der Waals surface area (Å²) in [5, 5.41) is 16.4. The summed E-state index contributed by atoms with van der Waals surface area (Å²) in [4.78, 5) is 0. The second-order valence-corrected chi connectivity index (χ2v) is 9.30. The number of rotatable bonds is 1. The number of hydrogen-bond donors (Lipinski definition) is 1. The summed E-state index contributed by atoms with van der Waals surface area (Å²) in [5.41, 5.74) is 12.7. The quantitative estimate of drug-likeness (QED) is 0.409. The molecule has 142 valence electrons. The Bertz CT molecular complexity index is 1380. The Labute approximate surface area is 171 Å². The van der Waals surface area contributed by atoms with Crippen molar-refractivity contribution in [2.24, 2.45) is 0 Å². The Balaban J connectivity index is 1.74. The van der Waals surface area contributed by atoms with Crippen molar-refractivity contribution in [1.82, 2.24) is 0 Å². The maximum absolute atomic E-state index is 10.7. The largest absolute Gasteiger partial charge is 0.389 e. The molecule has 3 aliphatic rings. The molecule has 0 aliphatic heterocycles. The van der Waals surface area contributed by atoms with Crippen LogP contribution in [0, 0.1) is 0 Å². The van der Waals surface area contributed by atoms with Gasteiger partial charge in [-0.3, -0.25) is 0 Å². The zero-order valence-corrected chi connectivity index (χ0v) is 17.0. The van der Waals surface area contributed by atoms with Gasteiger partial charge in [-0.1, -0.05) is 49.4 Å². The smallest absolute Gasteiger partial charge is 0.0768 e. The van der Waals surface area contributed by atoms with Crippen LogP contribution in [-0.4, -0.2) is 5.11 Å². The van der Waals surface area contributed by atoms with Gasteiger partial charge >= 0.3 is 0 Å². The van der Waals surface area contributed by atoms with Crippen LogP contribution in [0.2, 0.25) is 0 Å². The van der Waals surface area contributed by atoms with E-state index in [-0.39, 0.29) is 0 Å². The average Bonchev–Trinajstić information content (AvgIpc) is 3.34. The molecule has 0 radical (unpaired) electrons. The van der Waals surface area contributed by atoms with Gasteiger partial charge in [-0.05, 0) is 104 Å². The average molecular weight is 376 g/mol. The molecule has 0 saturated heterocycles. The minimum Gasteiger partial charge on any atom is -0.389 e. The first-order chi connectivity index (χ1) is 14.1. The van der Waals surface area contributed by atoms with Gasteiger partial charge in [-0.15, -0.1) is 0 Å². The number of hydrogen-bond acceptors (Lipinski definition) is 1. The molecular formula is C28H24O. The molecule has 0 amide bonds. The summed E-state index contributed by atoms with van der Waals surface area (Å²) in [6.07, 6.45) is 4.11. The summed E-state index contributed by atoms with van der Waals surface area (Å²) in [5.74, 6) is 0.383. The van der Waals surface area contributed by atoms with E-state index in [2.05, 4.69) is 49.4 Å². The normalized spacial score (nSPS) is 19.2. The lowest BCUT2D eigenvalue weighted by Crippen LogP contribution is -2.09. The third-order valence-electron chi connectivity index (χ3n) is 7.86. The van der Waals surface area contributed by atoms with Crippen LogP contribution in [0.3, 0.4) is 0 Å². The van der Waals surface area contributed by atoms with Crippen molar-refractivity contribution in [2.75, 3.05) is 0 Å². The molecule has 2 unspecified atom stereocenters. The number of benzene rings is 4. The molecule has 0 aromatic heterocycles. The predicted molar refractivity (Wildman–Crippen MR) is 120 cm³/mol. The van der Waals surface area contributed by atoms with Gasteiger partial charge in [0.05, 0.1) is 6.10 Å². The summed E-state index contributed by atoms with van der Waals surface area (Å²) < 4.78 is 0. The van der Waals surface area contributed by atoms with Crippen LogP contribution in [0.25, 0.3) is 32.7 Å². The molecule has 1 N–H and O–H groups in total. The van der Waals surface area contributed by atoms with E-state index in [1.807, 2.05) is 6.92 Å². The van der Waals surface area contributed by atoms with Crippen LogP contribution in [0.1, 0.15) is 64.8 Å². The molecule has 4 aromatic carbocycles. The standard InChI is InChI=1S/C28H24O/c1-14-20-10-7-16-3-4-17-9-12-22(26(20)24(16)17)27-23(14)13-19-6-5-18-8-11-21(15(2)29)28(27)25(18)19/h7-15,29H,3-6H2,1-2H3. The van der Waals surface area contributed by atoms with Crippen LogP contribution in [0.15, 0.2) is 42.5 Å². The summed E-state index contributed by atoms with van der Waals surface area (Å²) in [7, 11) is 0. The molecule has 0 spiro atoms. The third kappa shape index (κ3) is 1.86. The Morgan fingerprint density at radius 1 is 0.724 bits per heavy atom. The minimum atomic E-state index is -0.461. The molecule has 29 heavy (non-hydrogen) atoms. The zero-order chi connectivity index (χ0) is 19.4. The second kappa shape index (κ2) is 5.29. The van der Waals surface area contributed by atoms with Gasteiger partial charge in [0.25, 0.3) is 0 Å². The molecule has 4 aromatic rings. The van der Waals surface area contributed by atoms with E-state index in [1.165, 1.54) is 78.9 Å². The highest BCUT2D eigenvalue weighted by atomic mass is 16.3. The molecule has 7 rings (SSSR count). The SMILES string of the molecule is CC(O)c1ccc2c3c(cc4c(c13)-c1ccc3c5c(ccc(c15)C4C)CC3)CC2. The topological polar surface area (TPSA) is 20.2 Å². The highest BCUT2D eigenvalue weighted by Gasteiger charge is 2.32. The lowest BCUT2D eigenvalue weighted by Gasteiger charge is -2.30. The molecular weight excluding hydrogens is 352 g/mol. The van der Waals surface area contributed by atoms with E-state index in [4.69, 9.17) is 0 Å². The molecule has 0 fully saturated rings. The molecule has 0 saturated carbocycles. The predicted octanol–water partition coefficient (Wildman–Crippen LogP) is 6.38. The van der Waals surface area contributed by atoms with Crippen molar-refractivity contribution < 1.29 is 5.11 Å². The van der Waals surface area contributed by atoms with Crippen LogP contribution < -0.4 is 0 Å². The van der Waals surface area contributed by atoms with Crippen LogP contribution in [-0.2, 0) is 25.7 Å². The van der Waals surface area contributed by atoms with E-state index in [9.17, 15) is 5.11 Å². The molecule has 0 heterocycles. The van der Waals surface area contributed by atoms with Gasteiger partial charge in [0.2, 0.25) is 0 Å². The van der Waals surface area contributed by atoms with Gasteiger partial charge < -0.3 is 5.11 Å². The van der Waals surface area contributed by atoms with E-state index in [0.717, 1.165) is 18.4 Å². The van der Waals surface area contributed by atoms with Gasteiger partial charge in [0.1, 0.15) is 0 Å². The van der Waals surface area contributed by atoms with Gasteiger partial charge in [-0.25, -0.2) is 0 Å². The maximum atomic E-state index is 10.7. The fourth-order valence-electron chi connectivity index (χ4n) is 6.52. The second-order valence-electron chi connectivity index (χ2n) is 9.30. The van der Waals surface area contributed by atoms with E-state index in [1.54, 1.807) is 0 Å². The monoisotopic (exact) mass is 376 g/mol. The molecule has 3 aliphatic carbocycles. The number of aryl methyl sites for hydroxylation is 4. The fraction of sp³-hybridized carbons (Fsp3) is 0.286. The Kier molecular flexibility index (Phi) is 2.95. The lowest BCUT2D eigenvalue weighted by molar-refractivity contribution is 0.201. The van der Waals surface area contributed by atoms with Gasteiger partial charge in [0, 0.05) is 5.92 Å². The zero-order valence-electron chi connectivity index (χ0n) is 17.0. The Morgan fingerprint density at radius 2 is 1.34 bits per heavy atom.